The summed E-state index contributed by atoms with van der Waals surface area (Å²) in [6.45, 7) is 3.38. The van der Waals surface area contributed by atoms with E-state index in [4.69, 9.17) is 4.98 Å². The molecule has 0 fully saturated rings. The minimum atomic E-state index is -0.512. The molecule has 0 saturated carbocycles. The summed E-state index contributed by atoms with van der Waals surface area (Å²) >= 11 is 0. The minimum Gasteiger partial charge on any atom is -0.345 e. The van der Waals surface area contributed by atoms with Crippen LogP contribution in [0, 0.1) is 5.82 Å². The van der Waals surface area contributed by atoms with Crippen molar-refractivity contribution in [3.05, 3.63) is 65.7 Å². The highest BCUT2D eigenvalue weighted by Gasteiger charge is 2.14. The molecule has 1 heterocycles. The second-order valence-corrected chi connectivity index (χ2v) is 7.45. The molecule has 3 rings (SSSR count). The Labute approximate surface area is 172 Å². The fourth-order valence-corrected chi connectivity index (χ4v) is 3.64. The van der Waals surface area contributed by atoms with Gasteiger partial charge >= 0.3 is 0 Å². The number of hydrogen-bond donors (Lipinski definition) is 1. The Morgan fingerprint density at radius 3 is 2.45 bits per heavy atom. The number of hydrogen-bond acceptors (Lipinski definition) is 2. The van der Waals surface area contributed by atoms with Crippen LogP contribution < -0.4 is 5.32 Å². The lowest BCUT2D eigenvalue weighted by Crippen LogP contribution is -2.25. The van der Waals surface area contributed by atoms with Crippen LogP contribution in [0.2, 0.25) is 0 Å². The van der Waals surface area contributed by atoms with E-state index in [2.05, 4.69) is 22.9 Å². The molecule has 2 aromatic carbocycles. The van der Waals surface area contributed by atoms with E-state index in [1.807, 2.05) is 18.2 Å². The van der Waals surface area contributed by atoms with Crippen molar-refractivity contribution in [2.24, 2.45) is 0 Å². The van der Waals surface area contributed by atoms with Gasteiger partial charge in [0.15, 0.2) is 0 Å². The second kappa shape index (κ2) is 10.7. The van der Waals surface area contributed by atoms with Gasteiger partial charge in [-0.15, -0.1) is 0 Å². The maximum atomic E-state index is 13.8. The molecule has 0 radical (unpaired) electrons. The van der Waals surface area contributed by atoms with E-state index in [0.29, 0.717) is 0 Å². The van der Waals surface area contributed by atoms with Crippen LogP contribution in [0.25, 0.3) is 11.0 Å². The Bertz CT molecular complexity index is 935. The number of nitrogens with one attached hydrogen (secondary N) is 1. The zero-order valence-electron chi connectivity index (χ0n) is 17.2. The molecular formula is C24H30FN3O. The number of imidazole rings is 1. The van der Waals surface area contributed by atoms with Gasteiger partial charge in [-0.05, 0) is 30.7 Å². The summed E-state index contributed by atoms with van der Waals surface area (Å²) in [6, 6.07) is 14.0. The van der Waals surface area contributed by atoms with Gasteiger partial charge in [0.05, 0.1) is 23.1 Å². The van der Waals surface area contributed by atoms with Crippen LogP contribution in [0.3, 0.4) is 0 Å². The molecule has 0 spiro atoms. The lowest BCUT2D eigenvalue weighted by Gasteiger charge is -2.11. The van der Waals surface area contributed by atoms with Crippen molar-refractivity contribution in [3.63, 3.8) is 0 Å². The molecule has 0 aliphatic rings. The van der Waals surface area contributed by atoms with E-state index in [0.717, 1.165) is 29.8 Å². The third-order valence-electron chi connectivity index (χ3n) is 5.24. The van der Waals surface area contributed by atoms with Gasteiger partial charge in [-0.3, -0.25) is 4.79 Å². The molecule has 0 aliphatic carbocycles. The first-order chi connectivity index (χ1) is 14.2. The largest absolute Gasteiger partial charge is 0.345 e. The lowest BCUT2D eigenvalue weighted by molar-refractivity contribution is 0.0945. The zero-order valence-corrected chi connectivity index (χ0v) is 17.2. The van der Waals surface area contributed by atoms with Gasteiger partial charge < -0.3 is 9.88 Å². The van der Waals surface area contributed by atoms with Crippen molar-refractivity contribution in [2.75, 3.05) is 0 Å². The third kappa shape index (κ3) is 5.66. The van der Waals surface area contributed by atoms with E-state index in [1.54, 1.807) is 12.1 Å². The van der Waals surface area contributed by atoms with E-state index < -0.39 is 11.7 Å². The standard InChI is InChI=1S/C24H30FN3O/c1-2-3-4-5-6-7-12-17-28-22-16-11-10-15-21(22)27-23(28)18-26-24(29)19-13-8-9-14-20(19)25/h8-11,13-16H,2-7,12,17-18H2,1H3,(H,26,29). The molecule has 5 heteroatoms. The molecule has 0 bridgehead atoms. The van der Waals surface area contributed by atoms with Crippen molar-refractivity contribution in [3.8, 4) is 0 Å². The van der Waals surface area contributed by atoms with Crippen molar-refractivity contribution < 1.29 is 9.18 Å². The van der Waals surface area contributed by atoms with E-state index in [1.165, 1.54) is 50.7 Å². The van der Waals surface area contributed by atoms with Gasteiger partial charge in [0, 0.05) is 6.54 Å². The molecule has 29 heavy (non-hydrogen) atoms. The number of para-hydroxylation sites is 2. The predicted octanol–water partition coefficient (Wildman–Crippen LogP) is 5.86. The summed E-state index contributed by atoms with van der Waals surface area (Å²) in [5.74, 6) is -0.124. The van der Waals surface area contributed by atoms with Crippen LogP contribution >= 0.6 is 0 Å². The van der Waals surface area contributed by atoms with Crippen molar-refractivity contribution in [1.29, 1.82) is 0 Å². The van der Waals surface area contributed by atoms with Crippen LogP contribution in [-0.4, -0.2) is 15.5 Å². The van der Waals surface area contributed by atoms with Crippen LogP contribution in [0.1, 0.15) is 68.1 Å². The Morgan fingerprint density at radius 1 is 0.966 bits per heavy atom. The molecule has 4 nitrogen and oxygen atoms in total. The van der Waals surface area contributed by atoms with Crippen LogP contribution in [0.15, 0.2) is 48.5 Å². The van der Waals surface area contributed by atoms with Crippen LogP contribution in [-0.2, 0) is 13.1 Å². The average Bonchev–Trinajstić information content (AvgIpc) is 3.09. The Balaban J connectivity index is 1.63. The fraction of sp³-hybridized carbons (Fsp3) is 0.417. The molecule has 0 unspecified atom stereocenters. The molecule has 1 aromatic heterocycles. The topological polar surface area (TPSA) is 46.9 Å². The zero-order chi connectivity index (χ0) is 20.5. The Morgan fingerprint density at radius 2 is 1.66 bits per heavy atom. The van der Waals surface area contributed by atoms with Gasteiger partial charge in [0.25, 0.3) is 5.91 Å². The number of amides is 1. The van der Waals surface area contributed by atoms with Crippen LogP contribution in [0.5, 0.6) is 0 Å². The molecule has 1 N–H and O–H groups in total. The molecule has 3 aromatic rings. The highest BCUT2D eigenvalue weighted by atomic mass is 19.1. The highest BCUT2D eigenvalue weighted by molar-refractivity contribution is 5.94. The summed E-state index contributed by atoms with van der Waals surface area (Å²) in [4.78, 5) is 17.1. The van der Waals surface area contributed by atoms with Gasteiger partial charge in [-0.2, -0.15) is 0 Å². The first-order valence-electron chi connectivity index (χ1n) is 10.7. The molecule has 1 amide bonds. The maximum absolute atomic E-state index is 13.8. The molecule has 0 aliphatic heterocycles. The molecule has 154 valence electrons. The number of benzene rings is 2. The summed E-state index contributed by atoms with van der Waals surface area (Å²) in [7, 11) is 0. The number of unbranched alkanes of at least 4 members (excludes halogenated alkanes) is 6. The maximum Gasteiger partial charge on any atom is 0.254 e. The first kappa shape index (κ1) is 21.0. The number of aromatic nitrogens is 2. The quantitative estimate of drug-likeness (QED) is 0.414. The molecule has 0 saturated heterocycles. The number of fused-ring (bicyclic) bond motifs is 1. The summed E-state index contributed by atoms with van der Waals surface area (Å²) < 4.78 is 16.0. The number of carbonyl (C=O) groups excluding carboxylic acids is 1. The normalized spacial score (nSPS) is 11.1. The number of rotatable bonds is 11. The molecule has 0 atom stereocenters. The van der Waals surface area contributed by atoms with Gasteiger partial charge in [0.1, 0.15) is 11.6 Å². The average molecular weight is 396 g/mol. The van der Waals surface area contributed by atoms with E-state index >= 15 is 0 Å². The Hall–Kier alpha value is -2.69. The van der Waals surface area contributed by atoms with E-state index in [9.17, 15) is 9.18 Å². The van der Waals surface area contributed by atoms with Crippen molar-refractivity contribution in [2.45, 2.75) is 65.0 Å². The fourth-order valence-electron chi connectivity index (χ4n) is 3.64. The second-order valence-electron chi connectivity index (χ2n) is 7.45. The highest BCUT2D eigenvalue weighted by Crippen LogP contribution is 2.18. The summed E-state index contributed by atoms with van der Waals surface area (Å²) in [6.07, 6.45) is 8.73. The monoisotopic (exact) mass is 395 g/mol. The molecular weight excluding hydrogens is 365 g/mol. The number of nitrogens with zero attached hydrogens (tertiary/aromatic N) is 2. The van der Waals surface area contributed by atoms with Gasteiger partial charge in [0.2, 0.25) is 0 Å². The Kier molecular flexibility index (Phi) is 7.79. The predicted molar refractivity (Wildman–Crippen MR) is 115 cm³/mol. The van der Waals surface area contributed by atoms with Crippen LogP contribution in [0.4, 0.5) is 4.39 Å². The number of carbonyl (C=O) groups is 1. The van der Waals surface area contributed by atoms with E-state index in [-0.39, 0.29) is 12.1 Å². The lowest BCUT2D eigenvalue weighted by atomic mass is 10.1. The van der Waals surface area contributed by atoms with Gasteiger partial charge in [-0.1, -0.05) is 69.7 Å². The summed E-state index contributed by atoms with van der Waals surface area (Å²) in [5.41, 5.74) is 2.06. The van der Waals surface area contributed by atoms with Crippen molar-refractivity contribution >= 4 is 16.9 Å². The third-order valence-corrected chi connectivity index (χ3v) is 5.24. The smallest absolute Gasteiger partial charge is 0.254 e. The summed E-state index contributed by atoms with van der Waals surface area (Å²) in [5, 5.41) is 2.82. The number of aryl methyl sites for hydroxylation is 1. The van der Waals surface area contributed by atoms with Crippen molar-refractivity contribution in [1.82, 2.24) is 14.9 Å². The SMILES string of the molecule is CCCCCCCCCn1c(CNC(=O)c2ccccc2F)nc2ccccc21. The number of halogens is 1. The minimum absolute atomic E-state index is 0.0576. The first-order valence-corrected chi connectivity index (χ1v) is 10.7. The van der Waals surface area contributed by atoms with Gasteiger partial charge in [-0.25, -0.2) is 9.37 Å².